The number of hydrogen-bond acceptors (Lipinski definition) is 3. The first-order chi connectivity index (χ1) is 8.15. The van der Waals surface area contributed by atoms with Gasteiger partial charge in [-0.3, -0.25) is 4.79 Å². The maximum Gasteiger partial charge on any atom is 0.240 e. The molecule has 5 heteroatoms. The van der Waals surface area contributed by atoms with Gasteiger partial charge in [0.1, 0.15) is 0 Å². The summed E-state index contributed by atoms with van der Waals surface area (Å²) in [5, 5.41) is 0. The van der Waals surface area contributed by atoms with E-state index in [2.05, 4.69) is 20.8 Å². The molecule has 2 rings (SSSR count). The van der Waals surface area contributed by atoms with E-state index in [1.54, 1.807) is 4.90 Å². The van der Waals surface area contributed by atoms with E-state index in [1.165, 1.54) is 0 Å². The van der Waals surface area contributed by atoms with E-state index in [0.717, 1.165) is 35.4 Å². The number of carbonyl (C=O) groups excluding carboxylic acids is 1. The molecule has 1 aromatic carbocycles. The van der Waals surface area contributed by atoms with Gasteiger partial charge >= 0.3 is 0 Å². The molecule has 0 fully saturated rings. The van der Waals surface area contributed by atoms with Crippen molar-refractivity contribution in [3.05, 3.63) is 22.7 Å². The van der Waals surface area contributed by atoms with Gasteiger partial charge < -0.3 is 15.5 Å². The Morgan fingerprint density at radius 1 is 1.47 bits per heavy atom. The van der Waals surface area contributed by atoms with Crippen LogP contribution in [-0.4, -0.2) is 32.6 Å². The molecule has 1 aliphatic rings. The molecule has 0 radical (unpaired) electrons. The summed E-state index contributed by atoms with van der Waals surface area (Å²) < 4.78 is 0.936. The monoisotopic (exact) mass is 297 g/mol. The summed E-state index contributed by atoms with van der Waals surface area (Å²) in [7, 11) is 2.04. The van der Waals surface area contributed by atoms with Crippen LogP contribution in [0.1, 0.15) is 6.42 Å². The minimum atomic E-state index is -0.0338. The Morgan fingerprint density at radius 2 is 2.24 bits per heavy atom. The zero-order valence-electron chi connectivity index (χ0n) is 9.82. The molecule has 2 N–H and O–H groups in total. The summed E-state index contributed by atoms with van der Waals surface area (Å²) in [4.78, 5) is 15.9. The van der Waals surface area contributed by atoms with E-state index in [-0.39, 0.29) is 12.5 Å². The number of nitrogens with two attached hydrogens (primary N) is 1. The Morgan fingerprint density at radius 3 is 2.94 bits per heavy atom. The van der Waals surface area contributed by atoms with Crippen LogP contribution in [0, 0.1) is 0 Å². The number of rotatable bonds is 1. The number of anilines is 2. The SMILES string of the molecule is CN1CCCN(C(=O)CN)c2c(Br)cccc21. The number of benzene rings is 1. The van der Waals surface area contributed by atoms with Crippen molar-refractivity contribution in [1.82, 2.24) is 0 Å². The Hall–Kier alpha value is -1.07. The number of para-hydroxylation sites is 1. The van der Waals surface area contributed by atoms with Gasteiger partial charge in [0, 0.05) is 24.6 Å². The molecule has 0 atom stereocenters. The molecule has 0 aromatic heterocycles. The number of fused-ring (bicyclic) bond motifs is 1. The molecule has 1 aromatic rings. The van der Waals surface area contributed by atoms with Crippen molar-refractivity contribution >= 4 is 33.2 Å². The fourth-order valence-electron chi connectivity index (χ4n) is 2.14. The average Bonchev–Trinajstić information content (AvgIpc) is 2.50. The standard InChI is InChI=1S/C12H16BrN3O/c1-15-6-3-7-16(11(17)8-14)12-9(13)4-2-5-10(12)15/h2,4-5H,3,6-8,14H2,1H3. The highest BCUT2D eigenvalue weighted by Crippen LogP contribution is 2.37. The number of carbonyl (C=O) groups is 1. The quantitative estimate of drug-likeness (QED) is 0.856. The first kappa shape index (κ1) is 12.4. The van der Waals surface area contributed by atoms with Crippen molar-refractivity contribution in [2.24, 2.45) is 5.73 Å². The largest absolute Gasteiger partial charge is 0.373 e. The summed E-state index contributed by atoms with van der Waals surface area (Å²) in [6.07, 6.45) is 0.948. The Kier molecular flexibility index (Phi) is 3.69. The molecule has 1 heterocycles. The van der Waals surface area contributed by atoms with Crippen molar-refractivity contribution < 1.29 is 4.79 Å². The fourth-order valence-corrected chi connectivity index (χ4v) is 2.71. The first-order valence-electron chi connectivity index (χ1n) is 5.65. The molecule has 0 spiro atoms. The molecular weight excluding hydrogens is 282 g/mol. The number of amides is 1. The van der Waals surface area contributed by atoms with Crippen LogP contribution in [-0.2, 0) is 4.79 Å². The molecular formula is C12H16BrN3O. The highest BCUT2D eigenvalue weighted by atomic mass is 79.9. The lowest BCUT2D eigenvalue weighted by Crippen LogP contribution is -2.36. The molecule has 17 heavy (non-hydrogen) atoms. The van der Waals surface area contributed by atoms with Gasteiger partial charge in [-0.1, -0.05) is 6.07 Å². The average molecular weight is 298 g/mol. The van der Waals surface area contributed by atoms with Crippen LogP contribution in [0.2, 0.25) is 0 Å². The second-order valence-electron chi connectivity index (χ2n) is 4.13. The Balaban J connectivity index is 2.52. The summed E-state index contributed by atoms with van der Waals surface area (Å²) in [6.45, 7) is 1.71. The highest BCUT2D eigenvalue weighted by molar-refractivity contribution is 9.10. The highest BCUT2D eigenvalue weighted by Gasteiger charge is 2.24. The normalized spacial score (nSPS) is 15.5. The van der Waals surface area contributed by atoms with Gasteiger partial charge in [0.05, 0.1) is 17.9 Å². The summed E-state index contributed by atoms with van der Waals surface area (Å²) in [5.41, 5.74) is 7.48. The molecule has 0 unspecified atom stereocenters. The molecule has 1 amide bonds. The van der Waals surface area contributed by atoms with Crippen LogP contribution >= 0.6 is 15.9 Å². The molecule has 0 saturated carbocycles. The molecule has 4 nitrogen and oxygen atoms in total. The van der Waals surface area contributed by atoms with Crippen molar-refractivity contribution in [1.29, 1.82) is 0 Å². The predicted octanol–water partition coefficient (Wildman–Crippen LogP) is 1.58. The van der Waals surface area contributed by atoms with Gasteiger partial charge in [0.15, 0.2) is 0 Å². The van der Waals surface area contributed by atoms with E-state index in [9.17, 15) is 4.79 Å². The molecule has 0 bridgehead atoms. The van der Waals surface area contributed by atoms with Crippen LogP contribution < -0.4 is 15.5 Å². The lowest BCUT2D eigenvalue weighted by atomic mass is 10.2. The molecule has 92 valence electrons. The van der Waals surface area contributed by atoms with E-state index >= 15 is 0 Å². The van der Waals surface area contributed by atoms with Crippen molar-refractivity contribution in [3.63, 3.8) is 0 Å². The third-order valence-corrected chi connectivity index (χ3v) is 3.64. The number of hydrogen-bond donors (Lipinski definition) is 1. The van der Waals surface area contributed by atoms with Gasteiger partial charge in [0.25, 0.3) is 0 Å². The van der Waals surface area contributed by atoms with Gasteiger partial charge in [-0.2, -0.15) is 0 Å². The minimum Gasteiger partial charge on any atom is -0.373 e. The summed E-state index contributed by atoms with van der Waals surface area (Å²) >= 11 is 3.52. The molecule has 0 saturated heterocycles. The second-order valence-corrected chi connectivity index (χ2v) is 4.99. The number of halogens is 1. The van der Waals surface area contributed by atoms with Gasteiger partial charge in [-0.25, -0.2) is 0 Å². The van der Waals surface area contributed by atoms with Gasteiger partial charge in [-0.05, 0) is 34.5 Å². The maximum atomic E-state index is 11.9. The van der Waals surface area contributed by atoms with Crippen LogP contribution in [0.25, 0.3) is 0 Å². The predicted molar refractivity (Wildman–Crippen MR) is 73.4 cm³/mol. The molecule has 1 aliphatic heterocycles. The van der Waals surface area contributed by atoms with Crippen molar-refractivity contribution in [2.45, 2.75) is 6.42 Å². The van der Waals surface area contributed by atoms with Crippen LogP contribution in [0.15, 0.2) is 22.7 Å². The molecule has 0 aliphatic carbocycles. The summed E-state index contributed by atoms with van der Waals surface area (Å²) in [5.74, 6) is -0.0338. The fraction of sp³-hybridized carbons (Fsp3) is 0.417. The van der Waals surface area contributed by atoms with Crippen LogP contribution in [0.5, 0.6) is 0 Å². The van der Waals surface area contributed by atoms with Gasteiger partial charge in [-0.15, -0.1) is 0 Å². The Labute approximate surface area is 110 Å². The number of nitrogens with zero attached hydrogens (tertiary/aromatic N) is 2. The van der Waals surface area contributed by atoms with E-state index in [4.69, 9.17) is 5.73 Å². The lowest BCUT2D eigenvalue weighted by Gasteiger charge is -2.25. The topological polar surface area (TPSA) is 49.6 Å². The first-order valence-corrected chi connectivity index (χ1v) is 6.44. The van der Waals surface area contributed by atoms with E-state index < -0.39 is 0 Å². The second kappa shape index (κ2) is 5.06. The lowest BCUT2D eigenvalue weighted by molar-refractivity contribution is -0.117. The van der Waals surface area contributed by atoms with E-state index in [1.807, 2.05) is 25.2 Å². The van der Waals surface area contributed by atoms with Crippen molar-refractivity contribution in [2.75, 3.05) is 36.5 Å². The third-order valence-electron chi connectivity index (χ3n) is 3.00. The maximum absolute atomic E-state index is 11.9. The Bertz CT molecular complexity index is 436. The third kappa shape index (κ3) is 2.30. The minimum absolute atomic E-state index is 0.0338. The van der Waals surface area contributed by atoms with Gasteiger partial charge in [0.2, 0.25) is 5.91 Å². The van der Waals surface area contributed by atoms with Crippen LogP contribution in [0.3, 0.4) is 0 Å². The van der Waals surface area contributed by atoms with Crippen molar-refractivity contribution in [3.8, 4) is 0 Å². The zero-order chi connectivity index (χ0) is 12.4. The van der Waals surface area contributed by atoms with Crippen LogP contribution in [0.4, 0.5) is 11.4 Å². The van der Waals surface area contributed by atoms with E-state index in [0.29, 0.717) is 0 Å². The summed E-state index contributed by atoms with van der Waals surface area (Å²) in [6, 6.07) is 5.97. The smallest absolute Gasteiger partial charge is 0.240 e. The zero-order valence-corrected chi connectivity index (χ0v) is 11.4.